The molecule has 1 amide bonds. The molecule has 1 atom stereocenters. The van der Waals surface area contributed by atoms with E-state index in [0.29, 0.717) is 0 Å². The van der Waals surface area contributed by atoms with E-state index in [0.717, 1.165) is 0 Å². The largest absolute Gasteiger partial charge is 0.479 e. The molecule has 0 unspecified atom stereocenters. The van der Waals surface area contributed by atoms with Crippen molar-refractivity contribution in [1.29, 1.82) is 0 Å². The molecule has 0 saturated carbocycles. The number of carboxylic acids is 1. The fourth-order valence-corrected chi connectivity index (χ4v) is 1.06. The highest BCUT2D eigenvalue weighted by atomic mass is 16.4. The number of carbonyl (C=O) groups is 3. The second kappa shape index (κ2) is 2.58. The molecular formula is C7H9NO4. The van der Waals surface area contributed by atoms with Gasteiger partial charge in [-0.25, -0.2) is 4.79 Å². The van der Waals surface area contributed by atoms with Crippen LogP contribution in [0.4, 0.5) is 0 Å². The normalized spacial score (nSPS) is 29.8. The van der Waals surface area contributed by atoms with E-state index in [1.807, 2.05) is 0 Å². The van der Waals surface area contributed by atoms with Crippen molar-refractivity contribution in [3.8, 4) is 0 Å². The van der Waals surface area contributed by atoms with Crippen molar-refractivity contribution in [3.63, 3.8) is 0 Å². The molecule has 2 N–H and O–H groups in total. The fourth-order valence-electron chi connectivity index (χ4n) is 1.06. The van der Waals surface area contributed by atoms with Crippen LogP contribution in [0.25, 0.3) is 0 Å². The van der Waals surface area contributed by atoms with Crippen LogP contribution in [0.3, 0.4) is 0 Å². The van der Waals surface area contributed by atoms with E-state index in [2.05, 4.69) is 5.32 Å². The van der Waals surface area contributed by atoms with Gasteiger partial charge in [0.15, 0.2) is 11.3 Å². The maximum absolute atomic E-state index is 11.1. The van der Waals surface area contributed by atoms with Gasteiger partial charge >= 0.3 is 5.97 Å². The number of amides is 1. The van der Waals surface area contributed by atoms with E-state index in [-0.39, 0.29) is 18.7 Å². The zero-order chi connectivity index (χ0) is 9.35. The highest BCUT2D eigenvalue weighted by Gasteiger charge is 2.44. The van der Waals surface area contributed by atoms with E-state index >= 15 is 0 Å². The Morgan fingerprint density at radius 3 is 2.50 bits per heavy atom. The molecule has 1 aliphatic rings. The molecule has 12 heavy (non-hydrogen) atoms. The number of rotatable bonds is 1. The predicted octanol–water partition coefficient (Wildman–Crippen LogP) is -0.691. The molecule has 1 rings (SSSR count). The van der Waals surface area contributed by atoms with Gasteiger partial charge in [-0.2, -0.15) is 0 Å². The third kappa shape index (κ3) is 1.17. The van der Waals surface area contributed by atoms with Crippen molar-refractivity contribution in [3.05, 3.63) is 0 Å². The summed E-state index contributed by atoms with van der Waals surface area (Å²) in [5.74, 6) is -2.14. The monoisotopic (exact) mass is 171 g/mol. The Balaban J connectivity index is 2.92. The number of ketones is 1. The Kier molecular flexibility index (Phi) is 1.87. The average Bonchev–Trinajstić information content (AvgIpc) is 1.97. The topological polar surface area (TPSA) is 83.5 Å². The zero-order valence-electron chi connectivity index (χ0n) is 6.59. The van der Waals surface area contributed by atoms with Crippen LogP contribution < -0.4 is 5.32 Å². The molecule has 0 aliphatic carbocycles. The van der Waals surface area contributed by atoms with Crippen LogP contribution in [0.2, 0.25) is 0 Å². The first-order valence-electron chi connectivity index (χ1n) is 3.54. The summed E-state index contributed by atoms with van der Waals surface area (Å²) in [4.78, 5) is 32.5. The van der Waals surface area contributed by atoms with Crippen LogP contribution in [-0.4, -0.2) is 28.3 Å². The highest BCUT2D eigenvalue weighted by molar-refractivity contribution is 6.12. The first-order chi connectivity index (χ1) is 5.47. The predicted molar refractivity (Wildman–Crippen MR) is 38.4 cm³/mol. The van der Waals surface area contributed by atoms with Gasteiger partial charge in [0.25, 0.3) is 0 Å². The van der Waals surface area contributed by atoms with Crippen LogP contribution in [0.1, 0.15) is 19.8 Å². The van der Waals surface area contributed by atoms with Gasteiger partial charge in [0.2, 0.25) is 5.91 Å². The Hall–Kier alpha value is -1.39. The van der Waals surface area contributed by atoms with Crippen LogP contribution in [0.15, 0.2) is 0 Å². The molecule has 1 heterocycles. The molecule has 0 spiro atoms. The van der Waals surface area contributed by atoms with Gasteiger partial charge in [-0.05, 0) is 6.92 Å². The van der Waals surface area contributed by atoms with Gasteiger partial charge in [-0.1, -0.05) is 0 Å². The summed E-state index contributed by atoms with van der Waals surface area (Å²) in [5.41, 5.74) is -1.71. The summed E-state index contributed by atoms with van der Waals surface area (Å²) < 4.78 is 0. The summed E-state index contributed by atoms with van der Waals surface area (Å²) in [6, 6.07) is 0. The van der Waals surface area contributed by atoms with Gasteiger partial charge < -0.3 is 10.4 Å². The van der Waals surface area contributed by atoms with E-state index in [9.17, 15) is 14.4 Å². The first kappa shape index (κ1) is 8.70. The van der Waals surface area contributed by atoms with E-state index in [4.69, 9.17) is 5.11 Å². The number of carboxylic acid groups (broad SMARTS) is 1. The zero-order valence-corrected chi connectivity index (χ0v) is 6.59. The SMILES string of the molecule is C[C@@]1(C(=O)O)NC(=O)CCC1=O. The third-order valence-corrected chi connectivity index (χ3v) is 1.95. The molecule has 5 heteroatoms. The van der Waals surface area contributed by atoms with Crippen LogP contribution >= 0.6 is 0 Å². The summed E-state index contributed by atoms with van der Waals surface area (Å²) in [6.07, 6.45) is 0.0936. The minimum atomic E-state index is -1.71. The molecule has 0 radical (unpaired) electrons. The highest BCUT2D eigenvalue weighted by Crippen LogP contribution is 2.15. The Morgan fingerprint density at radius 2 is 2.08 bits per heavy atom. The van der Waals surface area contributed by atoms with Crippen LogP contribution in [0, 0.1) is 0 Å². The smallest absolute Gasteiger partial charge is 0.336 e. The Bertz CT molecular complexity index is 260. The van der Waals surface area contributed by atoms with Gasteiger partial charge in [0, 0.05) is 12.8 Å². The molecule has 0 aromatic heterocycles. The number of nitrogens with one attached hydrogen (secondary N) is 1. The fraction of sp³-hybridized carbons (Fsp3) is 0.571. The van der Waals surface area contributed by atoms with Gasteiger partial charge in [-0.15, -0.1) is 0 Å². The summed E-state index contributed by atoms with van der Waals surface area (Å²) in [7, 11) is 0. The molecule has 1 aliphatic heterocycles. The standard InChI is InChI=1S/C7H9NO4/c1-7(6(11)12)4(9)2-3-5(10)8-7/h2-3H2,1H3,(H,8,10)(H,11,12)/t7-/m1/s1. The second-order valence-electron chi connectivity index (χ2n) is 2.90. The third-order valence-electron chi connectivity index (χ3n) is 1.95. The van der Waals surface area contributed by atoms with Crippen LogP contribution in [-0.2, 0) is 14.4 Å². The number of piperidine rings is 1. The minimum absolute atomic E-state index is 0.00856. The van der Waals surface area contributed by atoms with E-state index < -0.39 is 17.3 Å². The molecule has 0 aromatic rings. The van der Waals surface area contributed by atoms with Crippen molar-refractivity contribution in [2.75, 3.05) is 0 Å². The number of carbonyl (C=O) groups excluding carboxylic acids is 2. The number of hydrogen-bond donors (Lipinski definition) is 2. The lowest BCUT2D eigenvalue weighted by Crippen LogP contribution is -2.60. The Morgan fingerprint density at radius 1 is 1.50 bits per heavy atom. The average molecular weight is 171 g/mol. The van der Waals surface area contributed by atoms with Gasteiger partial charge in [0.05, 0.1) is 0 Å². The van der Waals surface area contributed by atoms with Gasteiger partial charge in [-0.3, -0.25) is 9.59 Å². The Labute approximate surface area is 68.8 Å². The van der Waals surface area contributed by atoms with E-state index in [1.165, 1.54) is 6.92 Å². The first-order valence-corrected chi connectivity index (χ1v) is 3.54. The summed E-state index contributed by atoms with van der Waals surface area (Å²) >= 11 is 0. The van der Waals surface area contributed by atoms with Crippen LogP contribution in [0.5, 0.6) is 0 Å². The molecule has 1 fully saturated rings. The van der Waals surface area contributed by atoms with Crippen molar-refractivity contribution >= 4 is 17.7 Å². The lowest BCUT2D eigenvalue weighted by atomic mass is 9.89. The molecule has 0 bridgehead atoms. The molecular weight excluding hydrogens is 162 g/mol. The lowest BCUT2D eigenvalue weighted by Gasteiger charge is -2.28. The van der Waals surface area contributed by atoms with Crippen molar-refractivity contribution in [2.45, 2.75) is 25.3 Å². The summed E-state index contributed by atoms with van der Waals surface area (Å²) in [6.45, 7) is 1.20. The maximum atomic E-state index is 11.1. The summed E-state index contributed by atoms with van der Waals surface area (Å²) in [5, 5.41) is 10.8. The second-order valence-corrected chi connectivity index (χ2v) is 2.90. The van der Waals surface area contributed by atoms with Gasteiger partial charge in [0.1, 0.15) is 0 Å². The number of hydrogen-bond acceptors (Lipinski definition) is 3. The van der Waals surface area contributed by atoms with Crippen molar-refractivity contribution in [2.24, 2.45) is 0 Å². The lowest BCUT2D eigenvalue weighted by molar-refractivity contribution is -0.154. The number of aliphatic carboxylic acids is 1. The molecule has 1 saturated heterocycles. The minimum Gasteiger partial charge on any atom is -0.479 e. The van der Waals surface area contributed by atoms with Crippen molar-refractivity contribution in [1.82, 2.24) is 5.32 Å². The maximum Gasteiger partial charge on any atom is 0.336 e. The molecule has 66 valence electrons. The van der Waals surface area contributed by atoms with Crippen molar-refractivity contribution < 1.29 is 19.5 Å². The number of Topliss-reactive ketones (excluding diaryl/α,β-unsaturated/α-hetero) is 1. The molecule has 5 nitrogen and oxygen atoms in total. The van der Waals surface area contributed by atoms with E-state index in [1.54, 1.807) is 0 Å². The quantitative estimate of drug-likeness (QED) is 0.511. The molecule has 0 aromatic carbocycles.